The highest BCUT2D eigenvalue weighted by atomic mass is 127. The minimum absolute atomic E-state index is 0.117. The molecule has 0 heterocycles. The summed E-state index contributed by atoms with van der Waals surface area (Å²) in [6.45, 7) is 0. The second-order valence-corrected chi connectivity index (χ2v) is 7.86. The van der Waals surface area contributed by atoms with E-state index in [2.05, 4.69) is 27.9 Å². The van der Waals surface area contributed by atoms with Gasteiger partial charge in [0.2, 0.25) is 0 Å². The number of amides is 1. The molecule has 0 aliphatic rings. The largest absolute Gasteiger partial charge is 0.508 e. The first-order valence-corrected chi connectivity index (χ1v) is 10.6. The second-order valence-electron chi connectivity index (χ2n) is 6.61. The number of phenols is 1. The van der Waals surface area contributed by atoms with Crippen LogP contribution in [-0.2, 0) is 9.53 Å². The topological polar surface area (TPSA) is 105 Å². The maximum Gasteiger partial charge on any atom is 0.412 e. The van der Waals surface area contributed by atoms with E-state index >= 15 is 0 Å². The minimum Gasteiger partial charge on any atom is -0.508 e. The highest BCUT2D eigenvalue weighted by molar-refractivity contribution is 14.1. The summed E-state index contributed by atoms with van der Waals surface area (Å²) < 4.78 is 12.4. The smallest absolute Gasteiger partial charge is 0.412 e. The summed E-state index contributed by atoms with van der Waals surface area (Å²) >= 11 is 2.07. The van der Waals surface area contributed by atoms with Gasteiger partial charge in [0.15, 0.2) is 12.2 Å². The lowest BCUT2D eigenvalue weighted by Gasteiger charge is -2.27. The average Bonchev–Trinajstić information content (AvgIpc) is 2.78. The van der Waals surface area contributed by atoms with Crippen LogP contribution in [0.1, 0.15) is 11.7 Å². The summed E-state index contributed by atoms with van der Waals surface area (Å²) in [5.41, 5.74) is 0.792. The van der Waals surface area contributed by atoms with Gasteiger partial charge in [-0.15, -0.1) is 0 Å². The molecule has 0 aliphatic heterocycles. The van der Waals surface area contributed by atoms with E-state index < -0.39 is 24.3 Å². The lowest BCUT2D eigenvalue weighted by molar-refractivity contribution is -0.131. The van der Waals surface area contributed by atoms with Gasteiger partial charge >= 0.3 is 12.1 Å². The Morgan fingerprint density at radius 3 is 2.28 bits per heavy atom. The molecule has 0 saturated heterocycles. The molecule has 8 heteroatoms. The predicted molar refractivity (Wildman–Crippen MR) is 128 cm³/mol. The number of rotatable bonds is 8. The number of anilines is 1. The molecule has 3 rings (SSSR count). The summed E-state index contributed by atoms with van der Waals surface area (Å²) in [6, 6.07) is 22.2. The van der Waals surface area contributed by atoms with Gasteiger partial charge in [-0.2, -0.15) is 0 Å². The van der Waals surface area contributed by atoms with Crippen molar-refractivity contribution in [1.82, 2.24) is 0 Å². The number of aromatic hydroxyl groups is 1. The number of benzene rings is 3. The molecule has 7 nitrogen and oxygen atoms in total. The predicted octanol–water partition coefficient (Wildman–Crippen LogP) is 5.38. The Morgan fingerprint density at radius 2 is 1.62 bits per heavy atom. The molecule has 0 saturated carbocycles. The lowest BCUT2D eigenvalue weighted by Crippen LogP contribution is -2.30. The van der Waals surface area contributed by atoms with Gasteiger partial charge < -0.3 is 19.7 Å². The Morgan fingerprint density at radius 1 is 0.969 bits per heavy atom. The van der Waals surface area contributed by atoms with Crippen LogP contribution in [0.15, 0.2) is 91.0 Å². The third kappa shape index (κ3) is 6.74. The Kier molecular flexibility index (Phi) is 8.09. The Balaban J connectivity index is 1.97. The number of ether oxygens (including phenoxy) is 2. The second kappa shape index (κ2) is 11.2. The fourth-order valence-electron chi connectivity index (χ4n) is 2.88. The first-order chi connectivity index (χ1) is 15.4. The molecule has 2 atom stereocenters. The number of aliphatic carboxylic acids is 1. The number of carboxylic acids is 1. The highest BCUT2D eigenvalue weighted by Crippen LogP contribution is 2.34. The minimum atomic E-state index is -1.19. The van der Waals surface area contributed by atoms with Gasteiger partial charge in [-0.25, -0.2) is 9.59 Å². The third-order valence-corrected chi connectivity index (χ3v) is 4.96. The molecule has 1 amide bonds. The molecule has 0 unspecified atom stereocenters. The van der Waals surface area contributed by atoms with Crippen molar-refractivity contribution in [2.45, 2.75) is 12.2 Å². The molecule has 0 aromatic heterocycles. The first kappa shape index (κ1) is 23.1. The van der Waals surface area contributed by atoms with E-state index in [1.165, 1.54) is 12.1 Å². The van der Waals surface area contributed by atoms with Crippen LogP contribution in [0.25, 0.3) is 0 Å². The average molecular weight is 545 g/mol. The summed E-state index contributed by atoms with van der Waals surface area (Å²) in [7, 11) is 0. The van der Waals surface area contributed by atoms with Crippen LogP contribution in [0, 0.1) is 3.57 Å². The molecule has 0 aliphatic carbocycles. The zero-order valence-electron chi connectivity index (χ0n) is 16.7. The van der Waals surface area contributed by atoms with Crippen LogP contribution < -0.4 is 10.1 Å². The van der Waals surface area contributed by atoms with Gasteiger partial charge in [0.25, 0.3) is 0 Å². The summed E-state index contributed by atoms with van der Waals surface area (Å²) in [4.78, 5) is 23.9. The van der Waals surface area contributed by atoms with E-state index in [4.69, 9.17) is 14.6 Å². The number of carboxylic acid groups (broad SMARTS) is 1. The molecular formula is C24H20INO6. The number of phenolic OH excluding ortho intramolecular Hbond substituents is 1. The first-order valence-electron chi connectivity index (χ1n) is 9.56. The summed E-state index contributed by atoms with van der Waals surface area (Å²) in [5.74, 6) is -0.867. The molecule has 32 heavy (non-hydrogen) atoms. The maximum absolute atomic E-state index is 12.7. The number of halogens is 1. The van der Waals surface area contributed by atoms with Gasteiger partial charge in [-0.3, -0.25) is 5.32 Å². The van der Waals surface area contributed by atoms with Crippen LogP contribution in [0.2, 0.25) is 0 Å². The zero-order chi connectivity index (χ0) is 22.9. The number of nitrogens with one attached hydrogen (secondary N) is 1. The van der Waals surface area contributed by atoms with Crippen molar-refractivity contribution in [3.63, 3.8) is 0 Å². The van der Waals surface area contributed by atoms with Crippen molar-refractivity contribution in [3.8, 4) is 11.5 Å². The number of carbonyl (C=O) groups is 2. The summed E-state index contributed by atoms with van der Waals surface area (Å²) in [5, 5.41) is 22.3. The quantitative estimate of drug-likeness (QED) is 0.260. The van der Waals surface area contributed by atoms with Crippen LogP contribution in [0.5, 0.6) is 11.5 Å². The monoisotopic (exact) mass is 545 g/mol. The van der Waals surface area contributed by atoms with Crippen molar-refractivity contribution in [2.75, 3.05) is 5.32 Å². The van der Waals surface area contributed by atoms with Gasteiger partial charge in [-0.05, 0) is 71.1 Å². The van der Waals surface area contributed by atoms with E-state index in [9.17, 15) is 14.7 Å². The van der Waals surface area contributed by atoms with Crippen molar-refractivity contribution in [3.05, 3.63) is 100 Å². The number of hydrogen-bond donors (Lipinski definition) is 3. The van der Waals surface area contributed by atoms with E-state index in [1.807, 2.05) is 12.1 Å². The van der Waals surface area contributed by atoms with Crippen LogP contribution in [0.4, 0.5) is 10.5 Å². The van der Waals surface area contributed by atoms with Crippen molar-refractivity contribution in [2.24, 2.45) is 0 Å². The number of hydrogen-bond acceptors (Lipinski definition) is 5. The fraction of sp³-hybridized carbons (Fsp3) is 0.0833. The Hall–Kier alpha value is -3.53. The Labute approximate surface area is 198 Å². The lowest BCUT2D eigenvalue weighted by atomic mass is 10.0. The SMILES string of the molecule is O=C(O)/C=C/[C@@H](Oc1ccccc1)[C@H](OC(=O)Nc1ccccc1)c1cc(I)ccc1O. The van der Waals surface area contributed by atoms with Crippen molar-refractivity contribution >= 4 is 40.3 Å². The molecular weight excluding hydrogens is 525 g/mol. The molecule has 0 fully saturated rings. The molecule has 3 aromatic carbocycles. The molecule has 0 radical (unpaired) electrons. The third-order valence-electron chi connectivity index (χ3n) is 4.29. The van der Waals surface area contributed by atoms with Crippen molar-refractivity contribution in [1.29, 1.82) is 0 Å². The van der Waals surface area contributed by atoms with E-state index in [1.54, 1.807) is 60.7 Å². The molecule has 3 N–H and O–H groups in total. The Bertz CT molecular complexity index is 1090. The van der Waals surface area contributed by atoms with E-state index in [0.29, 0.717) is 11.4 Å². The van der Waals surface area contributed by atoms with Crippen LogP contribution in [0.3, 0.4) is 0 Å². The van der Waals surface area contributed by atoms with Gasteiger partial charge in [0.05, 0.1) is 0 Å². The van der Waals surface area contributed by atoms with Gasteiger partial charge in [0, 0.05) is 20.9 Å². The normalized spacial score (nSPS) is 12.7. The molecule has 164 valence electrons. The van der Waals surface area contributed by atoms with Crippen molar-refractivity contribution < 1.29 is 29.3 Å². The maximum atomic E-state index is 12.7. The molecule has 0 spiro atoms. The highest BCUT2D eigenvalue weighted by Gasteiger charge is 2.30. The van der Waals surface area contributed by atoms with E-state index in [-0.39, 0.29) is 11.3 Å². The standard InChI is InChI=1S/C24H20INO6/c25-16-11-12-20(27)19(15-16)23(32-24(30)26-17-7-3-1-4-8-17)21(13-14-22(28)29)31-18-9-5-2-6-10-18/h1-15,21,23,27H,(H,26,30)(H,28,29)/b14-13+/t21-,23-/m1/s1. The summed E-state index contributed by atoms with van der Waals surface area (Å²) in [6.07, 6.45) is -0.799. The number of carbonyl (C=O) groups excluding carboxylic acids is 1. The van der Waals surface area contributed by atoms with Gasteiger partial charge in [0.1, 0.15) is 11.5 Å². The number of para-hydroxylation sites is 2. The van der Waals surface area contributed by atoms with Crippen LogP contribution in [-0.4, -0.2) is 28.4 Å². The zero-order valence-corrected chi connectivity index (χ0v) is 18.9. The van der Waals surface area contributed by atoms with Gasteiger partial charge in [-0.1, -0.05) is 36.4 Å². The fourth-order valence-corrected chi connectivity index (χ4v) is 3.40. The molecule has 0 bridgehead atoms. The van der Waals surface area contributed by atoms with E-state index in [0.717, 1.165) is 9.65 Å². The van der Waals surface area contributed by atoms with Crippen LogP contribution >= 0.6 is 22.6 Å². The molecule has 3 aromatic rings.